The van der Waals surface area contributed by atoms with E-state index in [0.717, 1.165) is 6.92 Å². The van der Waals surface area contributed by atoms with Crippen LogP contribution >= 0.6 is 12.2 Å². The van der Waals surface area contributed by atoms with Gasteiger partial charge in [-0.25, -0.2) is 4.79 Å². The number of thiocarbonyl (C=S) groups is 1. The molecule has 0 saturated carbocycles. The summed E-state index contributed by atoms with van der Waals surface area (Å²) in [6.45, 7) is 2.79. The van der Waals surface area contributed by atoms with Gasteiger partial charge in [0.25, 0.3) is 5.09 Å². The third-order valence-electron chi connectivity index (χ3n) is 4.19. The molecule has 1 unspecified atom stereocenters. The van der Waals surface area contributed by atoms with E-state index in [0.29, 0.717) is 5.56 Å². The zero-order valence-corrected chi connectivity index (χ0v) is 18.5. The Labute approximate surface area is 193 Å². The largest absolute Gasteiger partial charge is 0.426 e. The zero-order valence-electron chi connectivity index (χ0n) is 17.7. The Morgan fingerprint density at radius 1 is 1.15 bits per heavy atom. The van der Waals surface area contributed by atoms with Crippen molar-refractivity contribution in [2.45, 2.75) is 32.8 Å². The highest BCUT2D eigenvalue weighted by molar-refractivity contribution is 7.80. The quantitative estimate of drug-likeness (QED) is 0.172. The van der Waals surface area contributed by atoms with Gasteiger partial charge < -0.3 is 25.4 Å². The molecule has 2 aromatic rings. The first-order valence-corrected chi connectivity index (χ1v) is 10.0. The summed E-state index contributed by atoms with van der Waals surface area (Å²) in [7, 11) is 0. The van der Waals surface area contributed by atoms with E-state index in [4.69, 9.17) is 27.4 Å². The van der Waals surface area contributed by atoms with E-state index >= 15 is 0 Å². The Hall–Kier alpha value is -4.06. The summed E-state index contributed by atoms with van der Waals surface area (Å²) in [5.41, 5.74) is 6.27. The molecule has 2 rings (SSSR count). The predicted octanol–water partition coefficient (Wildman–Crippen LogP) is 2.78. The van der Waals surface area contributed by atoms with E-state index in [1.165, 1.54) is 30.3 Å². The van der Waals surface area contributed by atoms with Crippen LogP contribution in [-0.2, 0) is 14.4 Å². The molecule has 0 fully saturated rings. The van der Waals surface area contributed by atoms with E-state index in [9.17, 15) is 24.5 Å². The Morgan fingerprint density at radius 2 is 1.82 bits per heavy atom. The number of ether oxygens (including phenoxy) is 2. The number of hydrogen-bond donors (Lipinski definition) is 2. The van der Waals surface area contributed by atoms with Crippen molar-refractivity contribution in [2.24, 2.45) is 5.73 Å². The maximum atomic E-state index is 12.6. The van der Waals surface area contributed by atoms with Crippen molar-refractivity contribution >= 4 is 40.7 Å². The minimum Gasteiger partial charge on any atom is -0.426 e. The molecule has 0 radical (unpaired) electrons. The number of hydrogen-bond acceptors (Lipinski definition) is 9. The van der Waals surface area contributed by atoms with Crippen molar-refractivity contribution in [3.63, 3.8) is 0 Å². The van der Waals surface area contributed by atoms with Crippen LogP contribution in [0.2, 0.25) is 0 Å². The summed E-state index contributed by atoms with van der Waals surface area (Å²) >= 11 is 4.87. The van der Waals surface area contributed by atoms with Crippen LogP contribution in [0.3, 0.4) is 0 Å². The number of anilines is 1. The molecule has 1 atom stereocenters. The lowest BCUT2D eigenvalue weighted by Gasteiger charge is -2.14. The molecule has 0 bridgehead atoms. The molecule has 0 heterocycles. The summed E-state index contributed by atoms with van der Waals surface area (Å²) in [5.74, 6) is -2.00. The van der Waals surface area contributed by atoms with Gasteiger partial charge in [0.15, 0.2) is 0 Å². The second-order valence-electron chi connectivity index (χ2n) is 6.69. The molecule has 174 valence electrons. The molecule has 33 heavy (non-hydrogen) atoms. The van der Waals surface area contributed by atoms with Gasteiger partial charge in [0.05, 0.1) is 6.42 Å². The van der Waals surface area contributed by atoms with Crippen molar-refractivity contribution in [1.29, 1.82) is 0 Å². The number of nitrogens with two attached hydrogens (primary N) is 1. The normalized spacial score (nSPS) is 11.1. The maximum Gasteiger partial charge on any atom is 0.347 e. The van der Waals surface area contributed by atoms with Gasteiger partial charge in [-0.3, -0.25) is 9.59 Å². The number of nitrogens with zero attached hydrogens (tertiary/aromatic N) is 1. The maximum absolute atomic E-state index is 12.6. The molecule has 1 amide bonds. The highest BCUT2D eigenvalue weighted by atomic mass is 32.1. The Balaban J connectivity index is 2.18. The fraction of sp³-hybridized carbons (Fsp3) is 0.238. The first kappa shape index (κ1) is 25.2. The molecule has 0 spiro atoms. The first-order valence-electron chi connectivity index (χ1n) is 9.64. The molecule has 12 heteroatoms. The summed E-state index contributed by atoms with van der Waals surface area (Å²) < 4.78 is 10.4. The molecule has 0 aliphatic carbocycles. The Morgan fingerprint density at radius 3 is 2.36 bits per heavy atom. The summed E-state index contributed by atoms with van der Waals surface area (Å²) in [6, 6.07) is 10.1. The van der Waals surface area contributed by atoms with Gasteiger partial charge >= 0.3 is 11.9 Å². The number of nitrogens with one attached hydrogen (secondary N) is 1. The van der Waals surface area contributed by atoms with E-state index in [1.807, 2.05) is 0 Å². The third kappa shape index (κ3) is 7.85. The minimum atomic E-state index is -0.960. The van der Waals surface area contributed by atoms with E-state index < -0.39 is 29.0 Å². The van der Waals surface area contributed by atoms with Gasteiger partial charge in [-0.05, 0) is 42.8 Å². The van der Waals surface area contributed by atoms with Crippen LogP contribution in [0.4, 0.5) is 5.69 Å². The fourth-order valence-electron chi connectivity index (χ4n) is 2.65. The van der Waals surface area contributed by atoms with Crippen LogP contribution in [0.15, 0.2) is 42.5 Å². The van der Waals surface area contributed by atoms with Crippen LogP contribution in [-0.4, -0.2) is 34.0 Å². The third-order valence-corrected chi connectivity index (χ3v) is 4.43. The lowest BCUT2D eigenvalue weighted by molar-refractivity contribution is -0.768. The smallest absolute Gasteiger partial charge is 0.347 e. The number of benzene rings is 2. The van der Waals surface area contributed by atoms with Gasteiger partial charge in [-0.1, -0.05) is 19.1 Å². The van der Waals surface area contributed by atoms with E-state index in [2.05, 4.69) is 10.2 Å². The lowest BCUT2D eigenvalue weighted by Crippen LogP contribution is -2.24. The van der Waals surface area contributed by atoms with Gasteiger partial charge in [0.1, 0.15) is 28.2 Å². The Kier molecular flexibility index (Phi) is 8.80. The van der Waals surface area contributed by atoms with Crippen molar-refractivity contribution < 1.29 is 33.8 Å². The molecule has 2 aromatic carbocycles. The molecule has 11 nitrogen and oxygen atoms in total. The topological polar surface area (TPSA) is 160 Å². The molecule has 0 saturated heterocycles. The average molecular weight is 475 g/mol. The lowest BCUT2D eigenvalue weighted by atomic mass is 10.1. The predicted molar refractivity (Wildman–Crippen MR) is 120 cm³/mol. The number of amides is 1. The standard InChI is InChI=1S/C21H21N3O8S/c1-3-15(32-24(28)29)11-19(26)23-14-6-9-17(18(10-14)30-12(2)25)21(27)31-16-7-4-13(5-8-16)20(22)33/h4-10,15H,3,11H2,1-2H3,(H2,22,33)(H,23,26). The summed E-state index contributed by atoms with van der Waals surface area (Å²) in [4.78, 5) is 51.4. The summed E-state index contributed by atoms with van der Waals surface area (Å²) in [5, 5.41) is 12.0. The van der Waals surface area contributed by atoms with Gasteiger partial charge in [0.2, 0.25) is 5.91 Å². The van der Waals surface area contributed by atoms with Crippen LogP contribution in [0, 0.1) is 10.1 Å². The number of rotatable bonds is 10. The van der Waals surface area contributed by atoms with Crippen molar-refractivity contribution in [2.75, 3.05) is 5.32 Å². The average Bonchev–Trinajstić information content (AvgIpc) is 2.72. The Bertz CT molecular complexity index is 1070. The van der Waals surface area contributed by atoms with Crippen molar-refractivity contribution in [1.82, 2.24) is 0 Å². The highest BCUT2D eigenvalue weighted by Gasteiger charge is 2.20. The second kappa shape index (κ2) is 11.5. The van der Waals surface area contributed by atoms with Crippen molar-refractivity contribution in [3.8, 4) is 11.5 Å². The molecule has 0 aliphatic rings. The van der Waals surface area contributed by atoms with Crippen LogP contribution in [0.1, 0.15) is 42.6 Å². The van der Waals surface area contributed by atoms with Crippen LogP contribution < -0.4 is 20.5 Å². The minimum absolute atomic E-state index is 0.0651. The van der Waals surface area contributed by atoms with Crippen molar-refractivity contribution in [3.05, 3.63) is 63.7 Å². The zero-order chi connectivity index (χ0) is 24.5. The molecular weight excluding hydrogens is 454 g/mol. The van der Waals surface area contributed by atoms with Crippen LogP contribution in [0.5, 0.6) is 11.5 Å². The second-order valence-corrected chi connectivity index (χ2v) is 7.13. The summed E-state index contributed by atoms with van der Waals surface area (Å²) in [6.07, 6.45) is -0.940. The van der Waals surface area contributed by atoms with Gasteiger partial charge in [-0.15, -0.1) is 10.1 Å². The molecule has 0 aliphatic heterocycles. The molecular formula is C21H21N3O8S. The molecule has 3 N–H and O–H groups in total. The number of carbonyl (C=O) groups excluding carboxylic acids is 3. The van der Waals surface area contributed by atoms with Crippen LogP contribution in [0.25, 0.3) is 0 Å². The van der Waals surface area contributed by atoms with E-state index in [-0.39, 0.29) is 40.6 Å². The number of esters is 2. The SMILES string of the molecule is CCC(CC(=O)Nc1ccc(C(=O)Oc2ccc(C(N)=S)cc2)c(OC(C)=O)c1)O[N+](=O)[O-]. The van der Waals surface area contributed by atoms with E-state index in [1.54, 1.807) is 19.1 Å². The molecule has 0 aromatic heterocycles. The van der Waals surface area contributed by atoms with Gasteiger partial charge in [-0.2, -0.15) is 0 Å². The number of carbonyl (C=O) groups is 3. The first-order chi connectivity index (χ1) is 15.6. The van der Waals surface area contributed by atoms with Gasteiger partial charge in [0, 0.05) is 24.2 Å². The monoisotopic (exact) mass is 475 g/mol. The fourth-order valence-corrected chi connectivity index (χ4v) is 2.79. The highest BCUT2D eigenvalue weighted by Crippen LogP contribution is 2.26.